The van der Waals surface area contributed by atoms with E-state index in [1.54, 1.807) is 12.1 Å². The van der Waals surface area contributed by atoms with Crippen LogP contribution < -0.4 is 10.2 Å². The second-order valence-electron chi connectivity index (χ2n) is 6.07. The summed E-state index contributed by atoms with van der Waals surface area (Å²) in [5, 5.41) is 12.2. The van der Waals surface area contributed by atoms with Crippen molar-refractivity contribution in [3.8, 4) is 6.07 Å². The number of nitrogens with one attached hydrogen (secondary N) is 1. The average molecular weight is 259 g/mol. The van der Waals surface area contributed by atoms with Gasteiger partial charge in [0.2, 0.25) is 0 Å². The molecule has 3 rings (SSSR count). The minimum atomic E-state index is -0.292. The molecule has 0 radical (unpaired) electrons. The van der Waals surface area contributed by atoms with Gasteiger partial charge in [-0.2, -0.15) is 5.26 Å². The van der Waals surface area contributed by atoms with Gasteiger partial charge in [-0.1, -0.05) is 0 Å². The van der Waals surface area contributed by atoms with Crippen molar-refractivity contribution in [2.45, 2.75) is 19.4 Å². The zero-order valence-corrected chi connectivity index (χ0v) is 11.3. The van der Waals surface area contributed by atoms with E-state index in [0.717, 1.165) is 19.6 Å². The first-order chi connectivity index (χ1) is 9.04. The van der Waals surface area contributed by atoms with E-state index in [4.69, 9.17) is 5.26 Å². The normalized spacial score (nSPS) is 28.2. The third-order valence-electron chi connectivity index (χ3n) is 4.73. The van der Waals surface area contributed by atoms with Crippen molar-refractivity contribution in [1.82, 2.24) is 5.32 Å². The molecule has 0 aromatic heterocycles. The summed E-state index contributed by atoms with van der Waals surface area (Å²) in [4.78, 5) is 2.17. The van der Waals surface area contributed by atoms with Crippen molar-refractivity contribution < 1.29 is 4.39 Å². The number of fused-ring (bicyclic) bond motifs is 1. The van der Waals surface area contributed by atoms with Crippen LogP contribution in [0.2, 0.25) is 0 Å². The molecular weight excluding hydrogens is 241 g/mol. The molecule has 2 heterocycles. The van der Waals surface area contributed by atoms with Gasteiger partial charge in [0.1, 0.15) is 5.82 Å². The molecule has 4 heteroatoms. The number of rotatable bonds is 1. The van der Waals surface area contributed by atoms with Crippen molar-refractivity contribution in [2.75, 3.05) is 24.5 Å². The van der Waals surface area contributed by atoms with Crippen molar-refractivity contribution in [2.24, 2.45) is 11.8 Å². The summed E-state index contributed by atoms with van der Waals surface area (Å²) in [6.07, 6.45) is 0. The molecule has 2 fully saturated rings. The summed E-state index contributed by atoms with van der Waals surface area (Å²) in [6.45, 7) is 7.27. The lowest BCUT2D eigenvalue weighted by atomic mass is 9.84. The van der Waals surface area contributed by atoms with E-state index in [1.165, 1.54) is 6.07 Å². The fourth-order valence-electron chi connectivity index (χ4n) is 3.63. The number of nitriles is 1. The third-order valence-corrected chi connectivity index (χ3v) is 4.73. The van der Waals surface area contributed by atoms with Crippen LogP contribution in [0.4, 0.5) is 10.1 Å². The van der Waals surface area contributed by atoms with E-state index in [2.05, 4.69) is 24.1 Å². The summed E-state index contributed by atoms with van der Waals surface area (Å²) >= 11 is 0. The molecule has 1 aromatic rings. The molecule has 100 valence electrons. The predicted molar refractivity (Wildman–Crippen MR) is 72.4 cm³/mol. The van der Waals surface area contributed by atoms with Gasteiger partial charge in [0, 0.05) is 25.2 Å². The van der Waals surface area contributed by atoms with Gasteiger partial charge in [-0.15, -0.1) is 0 Å². The minimum Gasteiger partial charge on any atom is -0.363 e. The predicted octanol–water partition coefficient (Wildman–Crippen LogP) is 2.13. The molecule has 1 aromatic carbocycles. The van der Waals surface area contributed by atoms with Crippen molar-refractivity contribution in [1.29, 1.82) is 5.26 Å². The van der Waals surface area contributed by atoms with Gasteiger partial charge < -0.3 is 10.2 Å². The van der Waals surface area contributed by atoms with E-state index in [9.17, 15) is 4.39 Å². The largest absolute Gasteiger partial charge is 0.363 e. The number of nitrogens with zero attached hydrogens (tertiary/aromatic N) is 2. The fourth-order valence-corrected chi connectivity index (χ4v) is 3.63. The molecule has 3 nitrogen and oxygen atoms in total. The molecule has 2 aliphatic rings. The van der Waals surface area contributed by atoms with Gasteiger partial charge in [0.15, 0.2) is 0 Å². The number of benzene rings is 1. The Hall–Kier alpha value is -1.60. The topological polar surface area (TPSA) is 39.1 Å². The van der Waals surface area contributed by atoms with Crippen LogP contribution in [0.1, 0.15) is 19.4 Å². The van der Waals surface area contributed by atoms with E-state index in [1.807, 2.05) is 6.07 Å². The Morgan fingerprint density at radius 2 is 2.21 bits per heavy atom. The molecule has 0 bridgehead atoms. The van der Waals surface area contributed by atoms with Crippen LogP contribution in [0, 0.1) is 29.0 Å². The molecule has 0 spiro atoms. The highest BCUT2D eigenvalue weighted by molar-refractivity contribution is 5.54. The third kappa shape index (κ3) is 1.81. The van der Waals surface area contributed by atoms with Crippen molar-refractivity contribution in [3.05, 3.63) is 29.6 Å². The van der Waals surface area contributed by atoms with Crippen molar-refractivity contribution >= 4 is 5.69 Å². The first-order valence-electron chi connectivity index (χ1n) is 6.72. The smallest absolute Gasteiger partial charge is 0.147 e. The molecule has 2 atom stereocenters. The molecule has 1 N–H and O–H groups in total. The lowest BCUT2D eigenvalue weighted by Gasteiger charge is -2.37. The summed E-state index contributed by atoms with van der Waals surface area (Å²) in [5.41, 5.74) is 0.946. The lowest BCUT2D eigenvalue weighted by Crippen LogP contribution is -2.45. The highest BCUT2D eigenvalue weighted by atomic mass is 19.1. The van der Waals surface area contributed by atoms with Gasteiger partial charge in [0.05, 0.1) is 17.3 Å². The molecule has 2 saturated heterocycles. The number of halogens is 1. The first-order valence-corrected chi connectivity index (χ1v) is 6.72. The van der Waals surface area contributed by atoms with Crippen LogP contribution in [0.15, 0.2) is 18.2 Å². The molecular formula is C15H18FN3. The highest BCUT2D eigenvalue weighted by Gasteiger charge is 2.50. The number of anilines is 1. The lowest BCUT2D eigenvalue weighted by molar-refractivity contribution is 0.355. The Labute approximate surface area is 113 Å². The maximum atomic E-state index is 14.2. The fraction of sp³-hybridized carbons (Fsp3) is 0.533. The van der Waals surface area contributed by atoms with Crippen LogP contribution in [0.3, 0.4) is 0 Å². The SMILES string of the molecule is CC1(C)C2CNCC2CN1c1ccc(C#N)cc1F. The molecule has 0 amide bonds. The molecule has 2 unspecified atom stereocenters. The van der Waals surface area contributed by atoms with Gasteiger partial charge in [0.25, 0.3) is 0 Å². The van der Waals surface area contributed by atoms with E-state index >= 15 is 0 Å². The summed E-state index contributed by atoms with van der Waals surface area (Å²) in [5.74, 6) is 0.854. The zero-order valence-electron chi connectivity index (χ0n) is 11.3. The molecule has 19 heavy (non-hydrogen) atoms. The molecule has 0 saturated carbocycles. The number of hydrogen-bond donors (Lipinski definition) is 1. The highest BCUT2D eigenvalue weighted by Crippen LogP contribution is 2.43. The van der Waals surface area contributed by atoms with Gasteiger partial charge in [-0.25, -0.2) is 4.39 Å². The van der Waals surface area contributed by atoms with Gasteiger partial charge >= 0.3 is 0 Å². The summed E-state index contributed by atoms with van der Waals surface area (Å²) in [7, 11) is 0. The maximum Gasteiger partial charge on any atom is 0.147 e. The molecule has 2 aliphatic heterocycles. The second kappa shape index (κ2) is 4.21. The van der Waals surface area contributed by atoms with E-state index in [0.29, 0.717) is 23.1 Å². The van der Waals surface area contributed by atoms with E-state index < -0.39 is 0 Å². The van der Waals surface area contributed by atoms with Gasteiger partial charge in [-0.05, 0) is 43.9 Å². The Bertz CT molecular complexity index is 547. The summed E-state index contributed by atoms with van der Waals surface area (Å²) < 4.78 is 14.2. The monoisotopic (exact) mass is 259 g/mol. The van der Waals surface area contributed by atoms with Crippen LogP contribution in [0.25, 0.3) is 0 Å². The van der Waals surface area contributed by atoms with Crippen LogP contribution in [-0.2, 0) is 0 Å². The zero-order chi connectivity index (χ0) is 13.6. The van der Waals surface area contributed by atoms with Gasteiger partial charge in [-0.3, -0.25) is 0 Å². The average Bonchev–Trinajstić information content (AvgIpc) is 2.92. The number of hydrogen-bond acceptors (Lipinski definition) is 3. The Balaban J connectivity index is 1.97. The van der Waals surface area contributed by atoms with Crippen LogP contribution >= 0.6 is 0 Å². The maximum absolute atomic E-state index is 14.2. The standard InChI is InChI=1S/C15H18FN3/c1-15(2)12-8-18-7-11(12)9-19(15)14-4-3-10(6-17)5-13(14)16/h3-5,11-12,18H,7-9H2,1-2H3. The van der Waals surface area contributed by atoms with E-state index in [-0.39, 0.29) is 11.4 Å². The summed E-state index contributed by atoms with van der Waals surface area (Å²) in [6, 6.07) is 6.74. The quantitative estimate of drug-likeness (QED) is 0.839. The second-order valence-corrected chi connectivity index (χ2v) is 6.07. The Kier molecular flexibility index (Phi) is 2.75. The first kappa shape index (κ1) is 12.4. The van der Waals surface area contributed by atoms with Crippen LogP contribution in [0.5, 0.6) is 0 Å². The Morgan fingerprint density at radius 3 is 2.84 bits per heavy atom. The van der Waals surface area contributed by atoms with Crippen molar-refractivity contribution in [3.63, 3.8) is 0 Å². The van der Waals surface area contributed by atoms with Crippen LogP contribution in [-0.4, -0.2) is 25.2 Å². The molecule has 0 aliphatic carbocycles. The Morgan fingerprint density at radius 1 is 1.42 bits per heavy atom. The minimum absolute atomic E-state index is 0.0524.